The van der Waals surface area contributed by atoms with Gasteiger partial charge in [0, 0.05) is 120 Å². The number of imidazole rings is 1. The molecule has 25 aromatic rings. The zero-order valence-electron chi connectivity index (χ0n) is 67.6. The average Bonchev–Trinajstić information content (AvgIpc) is 1.66. The number of nitrogens with one attached hydrogen (secondary N) is 3. The Morgan fingerprint density at radius 1 is 0.275 bits per heavy atom. The van der Waals surface area contributed by atoms with Gasteiger partial charge in [0.1, 0.15) is 58.7 Å². The van der Waals surface area contributed by atoms with Gasteiger partial charge in [-0.15, -0.1) is 56.7 Å². The summed E-state index contributed by atoms with van der Waals surface area (Å²) < 4.78 is 79.4. The molecule has 0 radical (unpaired) electrons. The first-order valence-corrected chi connectivity index (χ1v) is 44.5. The van der Waals surface area contributed by atoms with Crippen molar-refractivity contribution in [2.45, 2.75) is 0 Å². The number of hydrogen-bond donors (Lipinski definition) is 3. The lowest BCUT2D eigenvalue weighted by Crippen LogP contribution is -2.07. The molecule has 0 saturated carbocycles. The molecule has 131 heavy (non-hydrogen) atoms. The summed E-state index contributed by atoms with van der Waals surface area (Å²) in [5.41, 5.74) is 4.31. The molecule has 29 heteroatoms. The van der Waals surface area contributed by atoms with Crippen molar-refractivity contribution < 1.29 is 22.0 Å². The molecule has 0 aliphatic heterocycles. The molecular weight excluding hydrogens is 1760 g/mol. The summed E-state index contributed by atoms with van der Waals surface area (Å²) >= 11 is 7.14. The third-order valence-electron chi connectivity index (χ3n) is 21.7. The van der Waals surface area contributed by atoms with Crippen LogP contribution >= 0.6 is 56.7 Å². The minimum atomic E-state index is -0.420. The van der Waals surface area contributed by atoms with Gasteiger partial charge in [-0.25, -0.2) is 61.5 Å². The van der Waals surface area contributed by atoms with Crippen molar-refractivity contribution in [3.05, 3.63) is 409 Å². The lowest BCUT2D eigenvalue weighted by atomic mass is 10.1. The van der Waals surface area contributed by atoms with Gasteiger partial charge in [0.2, 0.25) is 0 Å². The van der Waals surface area contributed by atoms with E-state index >= 15 is 0 Å². The highest BCUT2D eigenvalue weighted by molar-refractivity contribution is 7.27. The van der Waals surface area contributed by atoms with Crippen molar-refractivity contribution in [1.29, 1.82) is 0 Å². The van der Waals surface area contributed by atoms with E-state index < -0.39 is 29.1 Å². The van der Waals surface area contributed by atoms with Crippen molar-refractivity contribution in [2.75, 3.05) is 16.0 Å². The molecule has 11 aromatic carbocycles. The van der Waals surface area contributed by atoms with Crippen molar-refractivity contribution in [2.24, 2.45) is 0 Å². The normalized spacial score (nSPS) is 11.4. The van der Waals surface area contributed by atoms with Crippen molar-refractivity contribution in [3.8, 4) is 11.6 Å². The van der Waals surface area contributed by atoms with Crippen molar-refractivity contribution in [1.82, 2.24) is 54.2 Å². The van der Waals surface area contributed by atoms with Gasteiger partial charge in [0.05, 0.1) is 89.9 Å². The van der Waals surface area contributed by atoms with E-state index in [4.69, 9.17) is 24.9 Å². The van der Waals surface area contributed by atoms with Gasteiger partial charge >= 0.3 is 0 Å². The summed E-state index contributed by atoms with van der Waals surface area (Å²) in [4.78, 5) is 102. The topological polar surface area (TPSA) is 247 Å². The third-order valence-corrected chi connectivity index (χ3v) is 27.5. The Labute approximate surface area is 754 Å². The first-order valence-electron chi connectivity index (χ1n) is 40.5. The van der Waals surface area contributed by atoms with E-state index in [2.05, 4.69) is 36.0 Å². The largest absolute Gasteiger partial charge is 0.339 e. The molecule has 3 N–H and O–H groups in total. The number of fused-ring (bicyclic) bond motifs is 20. The second-order valence-corrected chi connectivity index (χ2v) is 35.1. The molecule has 630 valence electrons. The van der Waals surface area contributed by atoms with Crippen molar-refractivity contribution >= 4 is 247 Å². The Balaban J connectivity index is 0.0000000989. The fourth-order valence-corrected chi connectivity index (χ4v) is 21.4. The molecule has 0 saturated heterocycles. The molecular formula is C102H57F5N14O5S5. The SMILES string of the molecule is O=c1c2cc(F)ccc2sc2c(-n3cccn3)nc3ccccc3c12.O=c1c2cc(F)ccc2sc2c(-n3ccnc3)nc3ccccc3c12.O=c1c2cc(F)ccc2sc2c(Nc3ccccc3)nc3ccccc3c12.O=c1c2cc(F)ccc2sc2c(Nc3ccccn3)nc3ccccc3c12.O=c1c2cc(F)ccc2sc2c(Nc3cccnc3)nc3ccccc3c12. The fraction of sp³-hybridized carbons (Fsp3) is 0. The maximum absolute atomic E-state index is 13.7. The van der Waals surface area contributed by atoms with Crippen LogP contribution in [0.4, 0.5) is 56.6 Å². The first-order chi connectivity index (χ1) is 64.1. The van der Waals surface area contributed by atoms with Crippen LogP contribution in [0, 0.1) is 29.1 Å². The van der Waals surface area contributed by atoms with Gasteiger partial charge in [0.15, 0.2) is 38.8 Å². The number of nitrogens with zero attached hydrogens (tertiary/aromatic N) is 11. The van der Waals surface area contributed by atoms with E-state index in [0.29, 0.717) is 105 Å². The summed E-state index contributed by atoms with van der Waals surface area (Å²) in [6.45, 7) is 0. The number of para-hydroxylation sites is 6. The fourth-order valence-electron chi connectivity index (χ4n) is 15.8. The minimum Gasteiger partial charge on any atom is -0.339 e. The molecule has 14 aromatic heterocycles. The zero-order chi connectivity index (χ0) is 89.1. The van der Waals surface area contributed by atoms with Crippen LogP contribution in [0.15, 0.2) is 353 Å². The molecule has 19 nitrogen and oxygen atoms in total. The Bertz CT molecular complexity index is 8550. The third kappa shape index (κ3) is 15.6. The van der Waals surface area contributed by atoms with E-state index in [0.717, 1.165) is 96.3 Å². The molecule has 0 aliphatic carbocycles. The van der Waals surface area contributed by atoms with Gasteiger partial charge in [-0.05, 0) is 164 Å². The van der Waals surface area contributed by atoms with Crippen LogP contribution in [0.3, 0.4) is 0 Å². The molecule has 0 unspecified atom stereocenters. The number of rotatable bonds is 8. The van der Waals surface area contributed by atoms with Gasteiger partial charge in [-0.1, -0.05) is 115 Å². The highest BCUT2D eigenvalue weighted by Gasteiger charge is 2.24. The minimum absolute atomic E-state index is 0.173. The Kier molecular flexibility index (Phi) is 21.5. The lowest BCUT2D eigenvalue weighted by Gasteiger charge is -2.12. The number of hydrogen-bond acceptors (Lipinski definition) is 22. The van der Waals surface area contributed by atoms with Crippen LogP contribution in [0.5, 0.6) is 0 Å². The Morgan fingerprint density at radius 2 is 0.626 bits per heavy atom. The second kappa shape index (κ2) is 34.5. The molecule has 0 amide bonds. The highest BCUT2D eigenvalue weighted by atomic mass is 32.1. The van der Waals surface area contributed by atoms with Crippen LogP contribution < -0.4 is 43.1 Å². The molecule has 0 bridgehead atoms. The number of anilines is 6. The van der Waals surface area contributed by atoms with Crippen LogP contribution in [0.2, 0.25) is 0 Å². The quantitative estimate of drug-likeness (QED) is 0.0727. The zero-order valence-corrected chi connectivity index (χ0v) is 71.7. The number of halogens is 5. The Hall–Kier alpha value is -16.3. The molecule has 25 rings (SSSR count). The molecule has 14 heterocycles. The number of aromatic nitrogens is 11. The summed E-state index contributed by atoms with van der Waals surface area (Å²) in [6, 6.07) is 79.8. The van der Waals surface area contributed by atoms with Crippen LogP contribution in [-0.4, -0.2) is 54.2 Å². The molecule has 0 aliphatic rings. The van der Waals surface area contributed by atoms with E-state index in [1.807, 2.05) is 188 Å². The summed E-state index contributed by atoms with van der Waals surface area (Å²) in [5.74, 6) is 1.60. The van der Waals surface area contributed by atoms with Crippen LogP contribution in [0.25, 0.3) is 167 Å². The standard InChI is InChI=1S/C22H13FN2OS.2C21H12FN3OS.2C19H10FN3OS/c23-13-10-11-18-16(12-13)20(26)19-15-8-4-5-9-17(15)25-22(21(19)27-18)24-14-6-2-1-3-7-14;22-12-7-8-17-15(10-12)19(26)18-14-5-1-2-6-16(14)25-21(20(18)27-17)24-13-4-3-9-23-11-13;22-12-8-9-16-14(11-12)19(26)18-13-5-1-2-6-15(13)24-21(20(18)27-16)25-17-7-3-4-10-23-17;20-11-6-7-15-13(10-11)17(24)16-12-4-1-2-5-14(12)22-19(18(16)25-15)23-9-3-8-21-23;20-11-5-6-15-13(9-11)17(24)16-12-3-1-2-4-14(12)22-19(18(16)25-15)23-8-7-21-10-23/h1-12H,(H,24,25);1-11H,(H,24,25);1-11H,(H,23,24,25);2*1-10H. The molecule has 0 fully saturated rings. The summed E-state index contributed by atoms with van der Waals surface area (Å²) in [5, 5.41) is 22.6. The number of pyridine rings is 7. The first kappa shape index (κ1) is 81.7. The van der Waals surface area contributed by atoms with Gasteiger partial charge < -0.3 is 16.0 Å². The maximum Gasteiger partial charge on any atom is 0.196 e. The van der Waals surface area contributed by atoms with Crippen LogP contribution in [-0.2, 0) is 0 Å². The van der Waals surface area contributed by atoms with Gasteiger partial charge in [-0.3, -0.25) is 33.5 Å². The van der Waals surface area contributed by atoms with E-state index in [1.54, 1.807) is 89.3 Å². The maximum atomic E-state index is 13.7. The van der Waals surface area contributed by atoms with E-state index in [-0.39, 0.29) is 27.1 Å². The average molecular weight is 1810 g/mol. The Morgan fingerprint density at radius 3 is 1.00 bits per heavy atom. The number of benzene rings is 11. The molecule has 0 spiro atoms. The second-order valence-electron chi connectivity index (χ2n) is 29.8. The predicted octanol–water partition coefficient (Wildman–Crippen LogP) is 24.9. The summed E-state index contributed by atoms with van der Waals surface area (Å²) in [6.07, 6.45) is 13.7. The highest BCUT2D eigenvalue weighted by Crippen LogP contribution is 2.42. The van der Waals surface area contributed by atoms with Crippen LogP contribution in [0.1, 0.15) is 0 Å². The predicted molar refractivity (Wildman–Crippen MR) is 523 cm³/mol. The van der Waals surface area contributed by atoms with E-state index in [1.165, 1.54) is 117 Å². The molecule has 0 atom stereocenters. The van der Waals surface area contributed by atoms with Gasteiger partial charge in [-0.2, -0.15) is 5.10 Å². The monoisotopic (exact) mass is 1810 g/mol. The summed E-state index contributed by atoms with van der Waals surface area (Å²) in [7, 11) is 0. The van der Waals surface area contributed by atoms with E-state index in [9.17, 15) is 45.9 Å². The lowest BCUT2D eigenvalue weighted by molar-refractivity contribution is 0.629. The van der Waals surface area contributed by atoms with Crippen molar-refractivity contribution in [3.63, 3.8) is 0 Å². The van der Waals surface area contributed by atoms with Gasteiger partial charge in [0.25, 0.3) is 0 Å². The smallest absolute Gasteiger partial charge is 0.196 e.